The summed E-state index contributed by atoms with van der Waals surface area (Å²) in [5, 5.41) is 13.1. The standard InChI is InChI=1S/C13H8ClF2NO3S/c1-5-4-21-11(10(5)14)12(18)17-9-3-8(16)7(15)2-6(9)13(19)20/h2-4H,1H3,(H,17,18)(H,19,20). The molecule has 1 amide bonds. The minimum atomic E-state index is -1.49. The molecule has 0 spiro atoms. The van der Waals surface area contributed by atoms with Crippen LogP contribution in [0.15, 0.2) is 17.5 Å². The van der Waals surface area contributed by atoms with Crippen molar-refractivity contribution in [1.29, 1.82) is 0 Å². The minimum absolute atomic E-state index is 0.162. The van der Waals surface area contributed by atoms with E-state index in [1.165, 1.54) is 0 Å². The number of hydrogen-bond acceptors (Lipinski definition) is 3. The van der Waals surface area contributed by atoms with Crippen LogP contribution in [0.4, 0.5) is 14.5 Å². The number of carbonyl (C=O) groups is 2. The number of thiophene rings is 1. The number of nitrogens with one attached hydrogen (secondary N) is 1. The molecule has 1 aromatic carbocycles. The first-order chi connectivity index (χ1) is 9.81. The van der Waals surface area contributed by atoms with Crippen molar-refractivity contribution in [3.05, 3.63) is 50.2 Å². The smallest absolute Gasteiger partial charge is 0.337 e. The first-order valence-electron chi connectivity index (χ1n) is 5.58. The van der Waals surface area contributed by atoms with Gasteiger partial charge in [0, 0.05) is 6.07 Å². The Morgan fingerprint density at radius 3 is 2.43 bits per heavy atom. The Morgan fingerprint density at radius 1 is 1.29 bits per heavy atom. The summed E-state index contributed by atoms with van der Waals surface area (Å²) in [6.07, 6.45) is 0. The van der Waals surface area contributed by atoms with Crippen molar-refractivity contribution in [2.24, 2.45) is 0 Å². The monoisotopic (exact) mass is 331 g/mol. The van der Waals surface area contributed by atoms with Gasteiger partial charge in [0.25, 0.3) is 5.91 Å². The van der Waals surface area contributed by atoms with Gasteiger partial charge in [0.05, 0.1) is 16.3 Å². The van der Waals surface area contributed by atoms with E-state index in [1.807, 2.05) is 0 Å². The second kappa shape index (κ2) is 5.79. The predicted molar refractivity (Wildman–Crippen MR) is 75.3 cm³/mol. The van der Waals surface area contributed by atoms with Crippen LogP contribution < -0.4 is 5.32 Å². The Balaban J connectivity index is 2.39. The number of hydrogen-bond donors (Lipinski definition) is 2. The second-order valence-corrected chi connectivity index (χ2v) is 5.39. The first-order valence-corrected chi connectivity index (χ1v) is 6.84. The maximum Gasteiger partial charge on any atom is 0.337 e. The molecule has 0 radical (unpaired) electrons. The third-order valence-electron chi connectivity index (χ3n) is 2.64. The number of carbonyl (C=O) groups excluding carboxylic acids is 1. The Morgan fingerprint density at radius 2 is 1.90 bits per heavy atom. The van der Waals surface area contributed by atoms with Gasteiger partial charge >= 0.3 is 5.97 Å². The Labute approximate surface area is 127 Å². The van der Waals surface area contributed by atoms with Crippen LogP contribution in [0.25, 0.3) is 0 Å². The fourth-order valence-corrected chi connectivity index (χ4v) is 2.76. The van der Waals surface area contributed by atoms with E-state index in [-0.39, 0.29) is 15.6 Å². The van der Waals surface area contributed by atoms with Gasteiger partial charge in [-0.25, -0.2) is 13.6 Å². The van der Waals surface area contributed by atoms with E-state index in [1.54, 1.807) is 12.3 Å². The quantitative estimate of drug-likeness (QED) is 0.895. The van der Waals surface area contributed by atoms with E-state index in [9.17, 15) is 18.4 Å². The number of benzene rings is 1. The fourth-order valence-electron chi connectivity index (χ4n) is 1.59. The zero-order chi connectivity index (χ0) is 15.7. The molecule has 0 bridgehead atoms. The molecular weight excluding hydrogens is 324 g/mol. The molecule has 0 aliphatic rings. The number of amides is 1. The summed E-state index contributed by atoms with van der Waals surface area (Å²) in [4.78, 5) is 23.2. The van der Waals surface area contributed by atoms with Crippen LogP contribution in [0.3, 0.4) is 0 Å². The number of rotatable bonds is 3. The molecule has 21 heavy (non-hydrogen) atoms. The van der Waals surface area contributed by atoms with Crippen molar-refractivity contribution >= 4 is 40.5 Å². The summed E-state index contributed by atoms with van der Waals surface area (Å²) in [7, 11) is 0. The lowest BCUT2D eigenvalue weighted by atomic mass is 10.1. The summed E-state index contributed by atoms with van der Waals surface area (Å²) < 4.78 is 26.3. The van der Waals surface area contributed by atoms with Crippen LogP contribution in [0.1, 0.15) is 25.6 Å². The highest BCUT2D eigenvalue weighted by atomic mass is 35.5. The molecule has 2 aromatic rings. The van der Waals surface area contributed by atoms with Crippen molar-refractivity contribution < 1.29 is 23.5 Å². The number of aromatic carboxylic acids is 1. The van der Waals surface area contributed by atoms with Crippen molar-refractivity contribution in [3.63, 3.8) is 0 Å². The summed E-state index contributed by atoms with van der Waals surface area (Å²) in [6, 6.07) is 1.12. The summed E-state index contributed by atoms with van der Waals surface area (Å²) in [6.45, 7) is 1.70. The molecule has 0 saturated carbocycles. The molecule has 2 rings (SSSR count). The average Bonchev–Trinajstić information content (AvgIpc) is 2.73. The number of anilines is 1. The van der Waals surface area contributed by atoms with Crippen LogP contribution in [-0.4, -0.2) is 17.0 Å². The third-order valence-corrected chi connectivity index (χ3v) is 4.34. The molecule has 110 valence electrons. The maximum atomic E-state index is 13.2. The second-order valence-electron chi connectivity index (χ2n) is 4.13. The lowest BCUT2D eigenvalue weighted by Crippen LogP contribution is -2.15. The highest BCUT2D eigenvalue weighted by molar-refractivity contribution is 7.13. The van der Waals surface area contributed by atoms with E-state index in [4.69, 9.17) is 16.7 Å². The van der Waals surface area contributed by atoms with Crippen LogP contribution in [0.2, 0.25) is 5.02 Å². The molecule has 8 heteroatoms. The van der Waals surface area contributed by atoms with Crippen LogP contribution in [0, 0.1) is 18.6 Å². The van der Waals surface area contributed by atoms with Gasteiger partial charge < -0.3 is 10.4 Å². The molecule has 0 atom stereocenters. The summed E-state index contributed by atoms with van der Waals surface area (Å²) in [5.74, 6) is -4.75. The van der Waals surface area contributed by atoms with Crippen molar-refractivity contribution in [3.8, 4) is 0 Å². The Kier molecular flexibility index (Phi) is 4.24. The summed E-state index contributed by atoms with van der Waals surface area (Å²) in [5.41, 5.74) is -0.198. The van der Waals surface area contributed by atoms with Crippen LogP contribution in [0.5, 0.6) is 0 Å². The lowest BCUT2D eigenvalue weighted by Gasteiger charge is -2.08. The van der Waals surface area contributed by atoms with Gasteiger partial charge in [-0.15, -0.1) is 11.3 Å². The van der Waals surface area contributed by atoms with E-state index in [0.717, 1.165) is 11.3 Å². The van der Waals surface area contributed by atoms with Gasteiger partial charge in [0.2, 0.25) is 0 Å². The molecule has 1 aromatic heterocycles. The minimum Gasteiger partial charge on any atom is -0.478 e. The van der Waals surface area contributed by atoms with Gasteiger partial charge in [0.15, 0.2) is 11.6 Å². The SMILES string of the molecule is Cc1csc(C(=O)Nc2cc(F)c(F)cc2C(=O)O)c1Cl. The van der Waals surface area contributed by atoms with Gasteiger partial charge in [-0.3, -0.25) is 4.79 Å². The summed E-state index contributed by atoms with van der Waals surface area (Å²) >= 11 is 6.99. The average molecular weight is 332 g/mol. The number of carboxylic acids is 1. The molecule has 1 heterocycles. The fraction of sp³-hybridized carbons (Fsp3) is 0.0769. The first kappa shape index (κ1) is 15.4. The largest absolute Gasteiger partial charge is 0.478 e. The van der Waals surface area contributed by atoms with Gasteiger partial charge in [-0.2, -0.15) is 0 Å². The highest BCUT2D eigenvalue weighted by Gasteiger charge is 2.20. The van der Waals surface area contributed by atoms with E-state index in [0.29, 0.717) is 17.7 Å². The zero-order valence-corrected chi connectivity index (χ0v) is 12.1. The molecule has 0 fully saturated rings. The maximum absolute atomic E-state index is 13.2. The topological polar surface area (TPSA) is 66.4 Å². The van der Waals surface area contributed by atoms with Gasteiger partial charge in [0.1, 0.15) is 4.88 Å². The normalized spacial score (nSPS) is 10.5. The molecule has 0 saturated heterocycles. The van der Waals surface area contributed by atoms with Crippen molar-refractivity contribution in [2.75, 3.05) is 5.32 Å². The molecule has 0 unspecified atom stereocenters. The van der Waals surface area contributed by atoms with Crippen LogP contribution in [-0.2, 0) is 0 Å². The van der Waals surface area contributed by atoms with E-state index < -0.39 is 29.1 Å². The number of carboxylic acid groups (broad SMARTS) is 1. The Bertz CT molecular complexity index is 745. The molecular formula is C13H8ClF2NO3S. The molecule has 2 N–H and O–H groups in total. The zero-order valence-electron chi connectivity index (χ0n) is 10.5. The molecule has 0 aliphatic heterocycles. The van der Waals surface area contributed by atoms with Crippen molar-refractivity contribution in [1.82, 2.24) is 0 Å². The van der Waals surface area contributed by atoms with Gasteiger partial charge in [-0.05, 0) is 23.9 Å². The molecule has 4 nitrogen and oxygen atoms in total. The number of aryl methyl sites for hydroxylation is 1. The molecule has 0 aliphatic carbocycles. The van der Waals surface area contributed by atoms with E-state index in [2.05, 4.69) is 5.32 Å². The number of halogens is 3. The lowest BCUT2D eigenvalue weighted by molar-refractivity contribution is 0.0697. The predicted octanol–water partition coefficient (Wildman–Crippen LogP) is 3.94. The van der Waals surface area contributed by atoms with Gasteiger partial charge in [-0.1, -0.05) is 11.6 Å². The Hall–Kier alpha value is -1.99. The highest BCUT2D eigenvalue weighted by Crippen LogP contribution is 2.29. The third kappa shape index (κ3) is 3.03. The van der Waals surface area contributed by atoms with E-state index >= 15 is 0 Å². The van der Waals surface area contributed by atoms with Crippen LogP contribution >= 0.6 is 22.9 Å². The van der Waals surface area contributed by atoms with Crippen molar-refractivity contribution in [2.45, 2.75) is 6.92 Å².